The molecule has 5 heteroatoms. The van der Waals surface area contributed by atoms with Crippen molar-refractivity contribution in [2.24, 2.45) is 5.92 Å². The van der Waals surface area contributed by atoms with Gasteiger partial charge in [-0.05, 0) is 45.1 Å². The number of aliphatic hydroxyl groups excluding tert-OH is 1. The van der Waals surface area contributed by atoms with E-state index in [1.807, 2.05) is 39.0 Å². The Hall–Kier alpha value is -1.59. The normalized spacial score (nSPS) is 29.7. The number of rotatable bonds is 4. The van der Waals surface area contributed by atoms with Crippen molar-refractivity contribution in [3.63, 3.8) is 0 Å². The molecule has 2 fully saturated rings. The zero-order valence-electron chi connectivity index (χ0n) is 14.7. The average Bonchev–Trinajstić information content (AvgIpc) is 3.01. The van der Waals surface area contributed by atoms with Crippen LogP contribution in [0, 0.1) is 5.92 Å². The molecule has 1 aromatic rings. The molecule has 4 unspecified atom stereocenters. The summed E-state index contributed by atoms with van der Waals surface area (Å²) in [6.07, 6.45) is 1.73. The highest BCUT2D eigenvalue weighted by atomic mass is 16.6. The minimum atomic E-state index is -0.498. The zero-order valence-corrected chi connectivity index (χ0v) is 14.7. The van der Waals surface area contributed by atoms with Crippen LogP contribution in [0.15, 0.2) is 30.3 Å². The molecule has 3 rings (SSSR count). The molecule has 1 aliphatic carbocycles. The number of nitrogens with zero attached hydrogens (tertiary/aromatic N) is 1. The number of carbonyl (C=O) groups excluding carboxylic acids is 1. The Morgan fingerprint density at radius 2 is 2.00 bits per heavy atom. The molecule has 0 radical (unpaired) electrons. The Morgan fingerprint density at radius 1 is 1.29 bits per heavy atom. The minimum Gasteiger partial charge on any atom is -0.444 e. The van der Waals surface area contributed by atoms with E-state index in [1.54, 1.807) is 0 Å². The van der Waals surface area contributed by atoms with Gasteiger partial charge in [0.25, 0.3) is 0 Å². The number of hydrogen-bond acceptors (Lipinski definition) is 4. The first-order valence-corrected chi connectivity index (χ1v) is 8.79. The fraction of sp³-hybridized carbons (Fsp3) is 0.632. The van der Waals surface area contributed by atoms with E-state index in [9.17, 15) is 9.90 Å². The van der Waals surface area contributed by atoms with Gasteiger partial charge in [-0.25, -0.2) is 4.79 Å². The number of piperidine rings is 1. The Bertz CT molecular complexity index is 570. The zero-order chi connectivity index (χ0) is 17.3. The molecule has 132 valence electrons. The van der Waals surface area contributed by atoms with Crippen LogP contribution >= 0.6 is 0 Å². The number of fused-ring (bicyclic) bond motifs is 2. The quantitative estimate of drug-likeness (QED) is 0.889. The Kier molecular flexibility index (Phi) is 4.83. The number of alkyl carbamates (subject to hydrolysis) is 1. The summed E-state index contributed by atoms with van der Waals surface area (Å²) in [7, 11) is 0. The lowest BCUT2D eigenvalue weighted by Crippen LogP contribution is -2.45. The molecule has 1 aliphatic heterocycles. The summed E-state index contributed by atoms with van der Waals surface area (Å²) in [5.74, 6) is 0.288. The van der Waals surface area contributed by atoms with E-state index in [2.05, 4.69) is 22.3 Å². The maximum absolute atomic E-state index is 12.2. The maximum Gasteiger partial charge on any atom is 0.407 e. The topological polar surface area (TPSA) is 61.8 Å². The summed E-state index contributed by atoms with van der Waals surface area (Å²) in [6, 6.07) is 10.7. The second-order valence-corrected chi connectivity index (χ2v) is 7.89. The van der Waals surface area contributed by atoms with E-state index in [-0.39, 0.29) is 36.7 Å². The van der Waals surface area contributed by atoms with Crippen molar-refractivity contribution in [1.29, 1.82) is 0 Å². The van der Waals surface area contributed by atoms with Crippen molar-refractivity contribution < 1.29 is 14.6 Å². The van der Waals surface area contributed by atoms with Gasteiger partial charge in [-0.3, -0.25) is 4.90 Å². The SMILES string of the molecule is CC(C)(C)OC(=O)NC1C2CCC1N(Cc1ccccc1)C2CO. The molecule has 1 saturated carbocycles. The van der Waals surface area contributed by atoms with Gasteiger partial charge < -0.3 is 15.2 Å². The standard InChI is InChI=1S/C19H28N2O3/c1-19(2,3)24-18(23)20-17-14-9-10-15(17)21(16(14)12-22)11-13-7-5-4-6-8-13/h4-8,14-17,22H,9-12H2,1-3H3,(H,20,23). The van der Waals surface area contributed by atoms with E-state index in [4.69, 9.17) is 4.74 Å². The average molecular weight is 332 g/mol. The molecular weight excluding hydrogens is 304 g/mol. The van der Waals surface area contributed by atoms with Crippen molar-refractivity contribution >= 4 is 6.09 Å². The number of likely N-dealkylation sites (tertiary alicyclic amines) is 1. The van der Waals surface area contributed by atoms with Gasteiger partial charge in [0.1, 0.15) is 5.60 Å². The minimum absolute atomic E-state index is 0.0562. The van der Waals surface area contributed by atoms with Crippen LogP contribution in [-0.4, -0.2) is 46.4 Å². The van der Waals surface area contributed by atoms with Gasteiger partial charge >= 0.3 is 6.09 Å². The van der Waals surface area contributed by atoms with Gasteiger partial charge in [0, 0.05) is 18.6 Å². The van der Waals surface area contributed by atoms with Crippen LogP contribution in [0.4, 0.5) is 4.79 Å². The molecule has 4 atom stereocenters. The van der Waals surface area contributed by atoms with Crippen LogP contribution in [0.3, 0.4) is 0 Å². The molecule has 2 N–H and O–H groups in total. The predicted octanol–water partition coefficient (Wildman–Crippen LogP) is 2.54. The molecule has 0 aromatic heterocycles. The molecular formula is C19H28N2O3. The number of carbonyl (C=O) groups is 1. The van der Waals surface area contributed by atoms with E-state index in [0.29, 0.717) is 0 Å². The van der Waals surface area contributed by atoms with Gasteiger partial charge in [0.2, 0.25) is 0 Å². The molecule has 1 saturated heterocycles. The molecule has 2 aliphatic rings. The summed E-state index contributed by atoms with van der Waals surface area (Å²) >= 11 is 0. The van der Waals surface area contributed by atoms with Crippen LogP contribution in [-0.2, 0) is 11.3 Å². The van der Waals surface area contributed by atoms with Crippen LogP contribution < -0.4 is 5.32 Å². The van der Waals surface area contributed by atoms with Crippen LogP contribution in [0.25, 0.3) is 0 Å². The molecule has 1 aromatic carbocycles. The Labute approximate surface area is 144 Å². The summed E-state index contributed by atoms with van der Waals surface area (Å²) in [5.41, 5.74) is 0.737. The van der Waals surface area contributed by atoms with E-state index >= 15 is 0 Å². The first-order valence-electron chi connectivity index (χ1n) is 8.79. The smallest absolute Gasteiger partial charge is 0.407 e. The third-order valence-corrected chi connectivity index (χ3v) is 5.10. The van der Waals surface area contributed by atoms with E-state index in [0.717, 1.165) is 19.4 Å². The van der Waals surface area contributed by atoms with Gasteiger partial charge in [0.15, 0.2) is 0 Å². The summed E-state index contributed by atoms with van der Waals surface area (Å²) in [4.78, 5) is 14.5. The van der Waals surface area contributed by atoms with Gasteiger partial charge in [-0.15, -0.1) is 0 Å². The fourth-order valence-corrected chi connectivity index (χ4v) is 4.22. The third-order valence-electron chi connectivity index (χ3n) is 5.10. The number of hydrogen-bond donors (Lipinski definition) is 2. The second kappa shape index (κ2) is 6.73. The number of amides is 1. The lowest BCUT2D eigenvalue weighted by molar-refractivity contribution is 0.0492. The van der Waals surface area contributed by atoms with Crippen molar-refractivity contribution in [3.05, 3.63) is 35.9 Å². The van der Waals surface area contributed by atoms with Crippen molar-refractivity contribution in [3.8, 4) is 0 Å². The number of ether oxygens (including phenoxy) is 1. The van der Waals surface area contributed by atoms with Crippen molar-refractivity contribution in [2.45, 2.75) is 63.9 Å². The molecule has 24 heavy (non-hydrogen) atoms. The lowest BCUT2D eigenvalue weighted by Gasteiger charge is -2.33. The van der Waals surface area contributed by atoms with Crippen LogP contribution in [0.2, 0.25) is 0 Å². The molecule has 1 amide bonds. The van der Waals surface area contributed by atoms with E-state index in [1.165, 1.54) is 5.56 Å². The number of benzene rings is 1. The summed E-state index contributed by atoms with van der Waals surface area (Å²) < 4.78 is 5.42. The van der Waals surface area contributed by atoms with Crippen LogP contribution in [0.1, 0.15) is 39.2 Å². The first-order chi connectivity index (χ1) is 11.4. The van der Waals surface area contributed by atoms with E-state index < -0.39 is 5.60 Å². The molecule has 0 spiro atoms. The third kappa shape index (κ3) is 3.57. The predicted molar refractivity (Wildman–Crippen MR) is 92.5 cm³/mol. The molecule has 1 heterocycles. The van der Waals surface area contributed by atoms with Gasteiger partial charge in [0.05, 0.1) is 12.6 Å². The van der Waals surface area contributed by atoms with Crippen LogP contribution in [0.5, 0.6) is 0 Å². The summed E-state index contributed by atoms with van der Waals surface area (Å²) in [6.45, 7) is 6.54. The van der Waals surface area contributed by atoms with Crippen molar-refractivity contribution in [2.75, 3.05) is 6.61 Å². The highest BCUT2D eigenvalue weighted by molar-refractivity contribution is 5.68. The largest absolute Gasteiger partial charge is 0.444 e. The first kappa shape index (κ1) is 17.2. The summed E-state index contributed by atoms with van der Waals surface area (Å²) in [5, 5.41) is 13.0. The fourth-order valence-electron chi connectivity index (χ4n) is 4.22. The second-order valence-electron chi connectivity index (χ2n) is 7.89. The highest BCUT2D eigenvalue weighted by Gasteiger charge is 2.53. The monoisotopic (exact) mass is 332 g/mol. The number of nitrogens with one attached hydrogen (secondary N) is 1. The number of aliphatic hydroxyl groups is 1. The van der Waals surface area contributed by atoms with Gasteiger partial charge in [-0.2, -0.15) is 0 Å². The maximum atomic E-state index is 12.2. The Morgan fingerprint density at radius 3 is 2.62 bits per heavy atom. The lowest BCUT2D eigenvalue weighted by atomic mass is 9.97. The molecule has 5 nitrogen and oxygen atoms in total. The Balaban J connectivity index is 1.70. The molecule has 2 bridgehead atoms. The van der Waals surface area contributed by atoms with Crippen molar-refractivity contribution in [1.82, 2.24) is 10.2 Å². The van der Waals surface area contributed by atoms with Gasteiger partial charge in [-0.1, -0.05) is 30.3 Å². The highest BCUT2D eigenvalue weighted by Crippen LogP contribution is 2.43.